The Labute approximate surface area is 112 Å². The van der Waals surface area contributed by atoms with Crippen LogP contribution < -0.4 is 11.1 Å². The number of amides is 1. The van der Waals surface area contributed by atoms with Gasteiger partial charge in [-0.3, -0.25) is 4.79 Å². The molecule has 0 fully saturated rings. The average molecular weight is 264 g/mol. The standard InChI is InChI=1S/C14H20N2O3/c1-3-8-14(2,15)13(19)16-9-10-4-6-11(7-5-10)12(17)18/h4-7H,3,8-9,15H2,1-2H3,(H,16,19)(H,17,18). The molecule has 5 heteroatoms. The summed E-state index contributed by atoms with van der Waals surface area (Å²) in [6.45, 7) is 4.03. The molecular weight excluding hydrogens is 244 g/mol. The fourth-order valence-corrected chi connectivity index (χ4v) is 1.78. The van der Waals surface area contributed by atoms with Crippen LogP contribution in [0, 0.1) is 0 Å². The first kappa shape index (κ1) is 15.2. The highest BCUT2D eigenvalue weighted by Gasteiger charge is 2.26. The van der Waals surface area contributed by atoms with Gasteiger partial charge in [0.25, 0.3) is 0 Å². The molecule has 0 aliphatic heterocycles. The molecule has 104 valence electrons. The number of carbonyl (C=O) groups excluding carboxylic acids is 1. The van der Waals surface area contributed by atoms with Crippen molar-refractivity contribution in [3.63, 3.8) is 0 Å². The van der Waals surface area contributed by atoms with Gasteiger partial charge >= 0.3 is 5.97 Å². The van der Waals surface area contributed by atoms with E-state index in [1.54, 1.807) is 19.1 Å². The quantitative estimate of drug-likeness (QED) is 0.726. The minimum atomic E-state index is -0.965. The summed E-state index contributed by atoms with van der Waals surface area (Å²) in [7, 11) is 0. The van der Waals surface area contributed by atoms with E-state index >= 15 is 0 Å². The third kappa shape index (κ3) is 4.37. The Bertz CT molecular complexity index is 452. The second-order valence-electron chi connectivity index (χ2n) is 4.85. The van der Waals surface area contributed by atoms with Crippen LogP contribution in [0.3, 0.4) is 0 Å². The van der Waals surface area contributed by atoms with Crippen LogP contribution in [0.5, 0.6) is 0 Å². The van der Waals surface area contributed by atoms with E-state index in [9.17, 15) is 9.59 Å². The number of nitrogens with one attached hydrogen (secondary N) is 1. The Kier molecular flexibility index (Phi) is 5.06. The zero-order chi connectivity index (χ0) is 14.5. The Morgan fingerprint density at radius 3 is 2.37 bits per heavy atom. The Morgan fingerprint density at radius 2 is 1.89 bits per heavy atom. The number of hydrogen-bond donors (Lipinski definition) is 3. The number of benzene rings is 1. The first-order valence-electron chi connectivity index (χ1n) is 6.26. The molecule has 1 amide bonds. The van der Waals surface area contributed by atoms with Crippen LogP contribution >= 0.6 is 0 Å². The maximum absolute atomic E-state index is 11.9. The van der Waals surface area contributed by atoms with Crippen LogP contribution in [0.2, 0.25) is 0 Å². The lowest BCUT2D eigenvalue weighted by Crippen LogP contribution is -2.51. The summed E-state index contributed by atoms with van der Waals surface area (Å²) in [6.07, 6.45) is 1.46. The molecule has 0 bridgehead atoms. The second kappa shape index (κ2) is 6.33. The smallest absolute Gasteiger partial charge is 0.335 e. The second-order valence-corrected chi connectivity index (χ2v) is 4.85. The van der Waals surface area contributed by atoms with Gasteiger partial charge in [0, 0.05) is 6.54 Å². The van der Waals surface area contributed by atoms with Crippen LogP contribution in [0.1, 0.15) is 42.6 Å². The summed E-state index contributed by atoms with van der Waals surface area (Å²) in [5.74, 6) is -1.16. The van der Waals surface area contributed by atoms with E-state index in [1.807, 2.05) is 6.92 Å². The normalized spacial score (nSPS) is 13.6. The van der Waals surface area contributed by atoms with Crippen molar-refractivity contribution in [1.82, 2.24) is 5.32 Å². The van der Waals surface area contributed by atoms with Crippen LogP contribution in [0.25, 0.3) is 0 Å². The predicted molar refractivity (Wildman–Crippen MR) is 72.7 cm³/mol. The van der Waals surface area contributed by atoms with Gasteiger partial charge in [-0.15, -0.1) is 0 Å². The maximum Gasteiger partial charge on any atom is 0.335 e. The highest BCUT2D eigenvalue weighted by molar-refractivity contribution is 5.87. The van der Waals surface area contributed by atoms with Gasteiger partial charge in [0.1, 0.15) is 0 Å². The van der Waals surface area contributed by atoms with Crippen molar-refractivity contribution < 1.29 is 14.7 Å². The fourth-order valence-electron chi connectivity index (χ4n) is 1.78. The van der Waals surface area contributed by atoms with Gasteiger partial charge in [-0.1, -0.05) is 25.5 Å². The first-order valence-corrected chi connectivity index (χ1v) is 6.26. The minimum absolute atomic E-state index is 0.198. The molecule has 0 aliphatic rings. The van der Waals surface area contributed by atoms with Crippen LogP contribution in [0.4, 0.5) is 0 Å². The summed E-state index contributed by atoms with van der Waals surface area (Å²) in [4.78, 5) is 22.6. The summed E-state index contributed by atoms with van der Waals surface area (Å²) >= 11 is 0. The molecular formula is C14H20N2O3. The average Bonchev–Trinajstić information content (AvgIpc) is 2.36. The van der Waals surface area contributed by atoms with E-state index in [-0.39, 0.29) is 11.5 Å². The number of carboxylic acid groups (broad SMARTS) is 1. The lowest BCUT2D eigenvalue weighted by atomic mass is 9.96. The molecule has 1 aromatic rings. The number of rotatable bonds is 6. The third-order valence-electron chi connectivity index (χ3n) is 2.94. The van der Waals surface area contributed by atoms with Crippen LogP contribution in [-0.2, 0) is 11.3 Å². The highest BCUT2D eigenvalue weighted by atomic mass is 16.4. The fraction of sp³-hybridized carbons (Fsp3) is 0.429. The molecule has 0 aromatic heterocycles. The number of aromatic carboxylic acids is 1. The van der Waals surface area contributed by atoms with E-state index in [1.165, 1.54) is 12.1 Å². The largest absolute Gasteiger partial charge is 0.478 e. The molecule has 1 atom stereocenters. The van der Waals surface area contributed by atoms with Crippen molar-refractivity contribution in [2.24, 2.45) is 5.73 Å². The van der Waals surface area contributed by atoms with Crippen molar-refractivity contribution in [2.75, 3.05) is 0 Å². The maximum atomic E-state index is 11.9. The van der Waals surface area contributed by atoms with E-state index < -0.39 is 11.5 Å². The van der Waals surface area contributed by atoms with Gasteiger partial charge < -0.3 is 16.2 Å². The Balaban J connectivity index is 2.57. The zero-order valence-corrected chi connectivity index (χ0v) is 11.3. The van der Waals surface area contributed by atoms with Crippen molar-refractivity contribution in [3.05, 3.63) is 35.4 Å². The number of carbonyl (C=O) groups is 2. The molecule has 4 N–H and O–H groups in total. The molecule has 0 radical (unpaired) electrons. The van der Waals surface area contributed by atoms with Crippen molar-refractivity contribution in [2.45, 2.75) is 38.8 Å². The SMILES string of the molecule is CCCC(C)(N)C(=O)NCc1ccc(C(=O)O)cc1. The van der Waals surface area contributed by atoms with E-state index in [0.29, 0.717) is 13.0 Å². The summed E-state index contributed by atoms with van der Waals surface area (Å²) in [5, 5.41) is 11.5. The van der Waals surface area contributed by atoms with Gasteiger partial charge in [-0.2, -0.15) is 0 Å². The Hall–Kier alpha value is -1.88. The third-order valence-corrected chi connectivity index (χ3v) is 2.94. The molecule has 19 heavy (non-hydrogen) atoms. The highest BCUT2D eigenvalue weighted by Crippen LogP contribution is 2.09. The summed E-state index contributed by atoms with van der Waals surface area (Å²) < 4.78 is 0. The molecule has 0 saturated carbocycles. The zero-order valence-electron chi connectivity index (χ0n) is 11.3. The van der Waals surface area contributed by atoms with E-state index in [2.05, 4.69) is 5.32 Å². The van der Waals surface area contributed by atoms with Crippen LogP contribution in [-0.4, -0.2) is 22.5 Å². The lowest BCUT2D eigenvalue weighted by Gasteiger charge is -2.22. The molecule has 0 heterocycles. The van der Waals surface area contributed by atoms with Crippen molar-refractivity contribution in [3.8, 4) is 0 Å². The topological polar surface area (TPSA) is 92.4 Å². The molecule has 1 aromatic carbocycles. The monoisotopic (exact) mass is 264 g/mol. The predicted octanol–water partition coefficient (Wildman–Crippen LogP) is 1.52. The Morgan fingerprint density at radius 1 is 1.32 bits per heavy atom. The molecule has 1 rings (SSSR count). The number of carboxylic acids is 1. The van der Waals surface area contributed by atoms with Crippen molar-refractivity contribution in [1.29, 1.82) is 0 Å². The molecule has 0 spiro atoms. The van der Waals surface area contributed by atoms with E-state index in [0.717, 1.165) is 12.0 Å². The van der Waals surface area contributed by atoms with Gasteiger partial charge in [0.2, 0.25) is 5.91 Å². The molecule has 0 aliphatic carbocycles. The number of hydrogen-bond acceptors (Lipinski definition) is 3. The van der Waals surface area contributed by atoms with Gasteiger partial charge in [-0.25, -0.2) is 4.79 Å². The molecule has 0 saturated heterocycles. The molecule has 1 unspecified atom stereocenters. The number of nitrogens with two attached hydrogens (primary N) is 1. The summed E-state index contributed by atoms with van der Waals surface area (Å²) in [6, 6.07) is 6.38. The minimum Gasteiger partial charge on any atom is -0.478 e. The van der Waals surface area contributed by atoms with Gasteiger partial charge in [0.15, 0.2) is 0 Å². The van der Waals surface area contributed by atoms with Gasteiger partial charge in [0.05, 0.1) is 11.1 Å². The summed E-state index contributed by atoms with van der Waals surface area (Å²) in [5.41, 5.74) is 6.11. The van der Waals surface area contributed by atoms with Crippen molar-refractivity contribution >= 4 is 11.9 Å². The van der Waals surface area contributed by atoms with E-state index in [4.69, 9.17) is 10.8 Å². The van der Waals surface area contributed by atoms with Gasteiger partial charge in [-0.05, 0) is 31.0 Å². The lowest BCUT2D eigenvalue weighted by molar-refractivity contribution is -0.126. The van der Waals surface area contributed by atoms with Crippen LogP contribution in [0.15, 0.2) is 24.3 Å². The molecule has 5 nitrogen and oxygen atoms in total. The first-order chi connectivity index (χ1) is 8.86.